The van der Waals surface area contributed by atoms with Crippen molar-refractivity contribution in [3.8, 4) is 11.8 Å². The molecule has 0 radical (unpaired) electrons. The predicted octanol–water partition coefficient (Wildman–Crippen LogP) is 4.72. The van der Waals surface area contributed by atoms with Crippen molar-refractivity contribution in [2.45, 2.75) is 38.8 Å². The van der Waals surface area contributed by atoms with Crippen molar-refractivity contribution >= 4 is 28.4 Å². The van der Waals surface area contributed by atoms with Gasteiger partial charge in [0, 0.05) is 29.9 Å². The molecule has 1 fully saturated rings. The van der Waals surface area contributed by atoms with Crippen LogP contribution in [0.2, 0.25) is 0 Å². The van der Waals surface area contributed by atoms with Crippen molar-refractivity contribution in [1.82, 2.24) is 15.0 Å². The molecule has 0 atom stereocenters. The molecule has 3 aromatic rings. The van der Waals surface area contributed by atoms with Gasteiger partial charge in [0.05, 0.1) is 11.3 Å². The van der Waals surface area contributed by atoms with Gasteiger partial charge in [-0.05, 0) is 70.0 Å². The van der Waals surface area contributed by atoms with Gasteiger partial charge in [-0.1, -0.05) is 5.16 Å². The Morgan fingerprint density at radius 1 is 1.33 bits per heavy atom. The largest absolute Gasteiger partial charge is 0.488 e. The number of nitriles is 1. The number of aryl methyl sites for hydroxylation is 1. The van der Waals surface area contributed by atoms with Crippen LogP contribution in [0.5, 0.6) is 5.75 Å². The van der Waals surface area contributed by atoms with Crippen LogP contribution in [-0.4, -0.2) is 53.3 Å². The molecular weight excluding hydrogens is 440 g/mol. The molecule has 0 aliphatic carbocycles. The first-order valence-electron chi connectivity index (χ1n) is 11.1. The van der Waals surface area contributed by atoms with Crippen LogP contribution in [0.4, 0.5) is 4.79 Å². The van der Waals surface area contributed by atoms with Crippen LogP contribution in [-0.2, 0) is 19.6 Å². The minimum atomic E-state index is -0.827. The number of piperidine rings is 1. The second-order valence-electron chi connectivity index (χ2n) is 8.70. The monoisotopic (exact) mass is 468 g/mol. The second-order valence-corrected chi connectivity index (χ2v) is 9.87. The van der Waals surface area contributed by atoms with Gasteiger partial charge in [-0.25, -0.2) is 4.79 Å². The van der Waals surface area contributed by atoms with Gasteiger partial charge in [0.15, 0.2) is 5.58 Å². The van der Waals surface area contributed by atoms with Crippen molar-refractivity contribution in [1.29, 1.82) is 5.26 Å². The first kappa shape index (κ1) is 23.1. The smallest absolute Gasteiger partial charge is 0.407 e. The third kappa shape index (κ3) is 5.46. The number of nitrogens with zero attached hydrogens (tertiary/aromatic N) is 4. The number of amides is 1. The molecule has 0 unspecified atom stereocenters. The Labute approximate surface area is 196 Å². The van der Waals surface area contributed by atoms with Crippen LogP contribution in [0.15, 0.2) is 28.8 Å². The molecule has 1 aromatic carbocycles. The number of hydrogen-bond donors (Lipinski definition) is 1. The Hall–Kier alpha value is -3.09. The summed E-state index contributed by atoms with van der Waals surface area (Å²) < 4.78 is 11.9. The van der Waals surface area contributed by atoms with Gasteiger partial charge < -0.3 is 24.2 Å². The van der Waals surface area contributed by atoms with Crippen LogP contribution in [0.25, 0.3) is 11.0 Å². The summed E-state index contributed by atoms with van der Waals surface area (Å²) in [5.41, 5.74) is 2.65. The zero-order valence-corrected chi connectivity index (χ0v) is 19.7. The maximum absolute atomic E-state index is 11.1. The van der Waals surface area contributed by atoms with E-state index in [1.807, 2.05) is 38.4 Å². The fourth-order valence-corrected chi connectivity index (χ4v) is 5.01. The average Bonchev–Trinajstić information content (AvgIpc) is 3.44. The zero-order valence-electron chi connectivity index (χ0n) is 18.9. The molecule has 0 saturated carbocycles. The molecule has 1 aliphatic rings. The van der Waals surface area contributed by atoms with Crippen molar-refractivity contribution in [3.63, 3.8) is 0 Å². The van der Waals surface area contributed by atoms with Gasteiger partial charge in [0.1, 0.15) is 23.3 Å². The normalized spacial score (nSPS) is 14.7. The Kier molecular flexibility index (Phi) is 7.16. The lowest BCUT2D eigenvalue weighted by Crippen LogP contribution is -2.37. The van der Waals surface area contributed by atoms with E-state index >= 15 is 0 Å². The number of aromatic nitrogens is 1. The first-order valence-corrected chi connectivity index (χ1v) is 11.9. The summed E-state index contributed by atoms with van der Waals surface area (Å²) >= 11 is 1.43. The van der Waals surface area contributed by atoms with E-state index in [0.717, 1.165) is 58.5 Å². The van der Waals surface area contributed by atoms with Crippen molar-refractivity contribution in [3.05, 3.63) is 45.3 Å². The highest BCUT2D eigenvalue weighted by Crippen LogP contribution is 2.33. The van der Waals surface area contributed by atoms with E-state index in [4.69, 9.17) is 19.6 Å². The Morgan fingerprint density at radius 3 is 2.79 bits per heavy atom. The van der Waals surface area contributed by atoms with Gasteiger partial charge in [-0.15, -0.1) is 11.3 Å². The van der Waals surface area contributed by atoms with Crippen molar-refractivity contribution in [2.24, 2.45) is 5.92 Å². The SMILES string of the molecule is CN(C)Cc1c(OCc2ccc(C#N)s2)ccc2c(CCC3CCN(C(=O)O)CC3)noc12. The molecule has 1 N–H and O–H groups in total. The van der Waals surface area contributed by atoms with Crippen LogP contribution in [0, 0.1) is 17.2 Å². The molecule has 33 heavy (non-hydrogen) atoms. The van der Waals surface area contributed by atoms with E-state index in [-0.39, 0.29) is 0 Å². The number of carbonyl (C=O) groups is 1. The Morgan fingerprint density at radius 2 is 2.12 bits per heavy atom. The van der Waals surface area contributed by atoms with Crippen molar-refractivity contribution in [2.75, 3.05) is 27.2 Å². The lowest BCUT2D eigenvalue weighted by atomic mass is 9.91. The van der Waals surface area contributed by atoms with Gasteiger partial charge in [0.2, 0.25) is 0 Å². The minimum absolute atomic E-state index is 0.397. The summed E-state index contributed by atoms with van der Waals surface area (Å²) in [5.74, 6) is 1.26. The third-order valence-electron chi connectivity index (χ3n) is 6.07. The molecule has 0 spiro atoms. The number of benzene rings is 1. The molecular formula is C24H28N4O4S. The number of thiophene rings is 1. The van der Waals surface area contributed by atoms with E-state index in [2.05, 4.69) is 16.1 Å². The molecule has 174 valence electrons. The van der Waals surface area contributed by atoms with Gasteiger partial charge >= 0.3 is 6.09 Å². The minimum Gasteiger partial charge on any atom is -0.488 e. The number of rotatable bonds is 8. The second kappa shape index (κ2) is 10.2. The van der Waals surface area contributed by atoms with E-state index in [0.29, 0.717) is 37.0 Å². The average molecular weight is 469 g/mol. The lowest BCUT2D eigenvalue weighted by Gasteiger charge is -2.29. The molecule has 1 saturated heterocycles. The number of hydrogen-bond acceptors (Lipinski definition) is 7. The molecule has 3 heterocycles. The molecule has 1 aliphatic heterocycles. The highest BCUT2D eigenvalue weighted by molar-refractivity contribution is 7.12. The highest BCUT2D eigenvalue weighted by atomic mass is 32.1. The van der Waals surface area contributed by atoms with Crippen LogP contribution >= 0.6 is 11.3 Å². The molecule has 0 bridgehead atoms. The lowest BCUT2D eigenvalue weighted by molar-refractivity contribution is 0.123. The predicted molar refractivity (Wildman–Crippen MR) is 125 cm³/mol. The van der Waals surface area contributed by atoms with Gasteiger partial charge in [0.25, 0.3) is 0 Å². The first-order chi connectivity index (χ1) is 15.9. The molecule has 9 heteroatoms. The number of carboxylic acid groups (broad SMARTS) is 1. The maximum atomic E-state index is 11.1. The molecule has 4 rings (SSSR count). The Bertz CT molecular complexity index is 1160. The van der Waals surface area contributed by atoms with Gasteiger partial charge in [-0.3, -0.25) is 0 Å². The van der Waals surface area contributed by atoms with E-state index in [1.165, 1.54) is 16.2 Å². The molecule has 8 nitrogen and oxygen atoms in total. The van der Waals surface area contributed by atoms with Crippen LogP contribution < -0.4 is 4.74 Å². The van der Waals surface area contributed by atoms with E-state index in [9.17, 15) is 4.79 Å². The number of fused-ring (bicyclic) bond motifs is 1. The van der Waals surface area contributed by atoms with Gasteiger partial charge in [-0.2, -0.15) is 5.26 Å². The zero-order chi connectivity index (χ0) is 23.4. The summed E-state index contributed by atoms with van der Waals surface area (Å²) in [6, 6.07) is 9.87. The van der Waals surface area contributed by atoms with E-state index in [1.54, 1.807) is 0 Å². The summed E-state index contributed by atoms with van der Waals surface area (Å²) in [6.45, 7) is 2.26. The van der Waals surface area contributed by atoms with Crippen LogP contribution in [0.1, 0.15) is 40.3 Å². The quantitative estimate of drug-likeness (QED) is 0.510. The van der Waals surface area contributed by atoms with Crippen molar-refractivity contribution < 1.29 is 19.2 Å². The van der Waals surface area contributed by atoms with E-state index < -0.39 is 6.09 Å². The fourth-order valence-electron chi connectivity index (χ4n) is 4.29. The Balaban J connectivity index is 1.47. The maximum Gasteiger partial charge on any atom is 0.407 e. The fraction of sp³-hybridized carbons (Fsp3) is 0.458. The van der Waals surface area contributed by atoms with Crippen LogP contribution in [0.3, 0.4) is 0 Å². The molecule has 2 aromatic heterocycles. The highest BCUT2D eigenvalue weighted by Gasteiger charge is 2.23. The number of ether oxygens (including phenoxy) is 1. The molecule has 1 amide bonds. The number of likely N-dealkylation sites (tertiary alicyclic amines) is 1. The standard InChI is InChI=1S/C24H28N4O4S/c1-27(2)14-20-22(31-15-18-5-4-17(13-25)33-18)8-6-19-21(26-32-23(19)20)7-3-16-9-11-28(12-10-16)24(29)30/h4-6,8,16H,3,7,9-12,14-15H2,1-2H3,(H,29,30). The summed E-state index contributed by atoms with van der Waals surface area (Å²) in [4.78, 5) is 16.3. The summed E-state index contributed by atoms with van der Waals surface area (Å²) in [6.07, 6.45) is 2.73. The topological polar surface area (TPSA) is 103 Å². The summed E-state index contributed by atoms with van der Waals surface area (Å²) in [5, 5.41) is 23.5. The summed E-state index contributed by atoms with van der Waals surface area (Å²) in [7, 11) is 4.00. The third-order valence-corrected chi connectivity index (χ3v) is 7.03.